The number of carbonyl (C=O) groups is 1. The first kappa shape index (κ1) is 21.7. The van der Waals surface area contributed by atoms with Crippen LogP contribution in [-0.4, -0.2) is 61.2 Å². The van der Waals surface area contributed by atoms with E-state index in [2.05, 4.69) is 39.4 Å². The third-order valence-electron chi connectivity index (χ3n) is 7.50. The van der Waals surface area contributed by atoms with E-state index in [4.69, 9.17) is 13.8 Å². The van der Waals surface area contributed by atoms with Crippen LogP contribution in [0.5, 0.6) is 11.5 Å². The number of nitrogens with one attached hydrogen (secondary N) is 1. The fraction of sp³-hybridized carbons (Fsp3) is 0.462. The topological polar surface area (TPSA) is 66.9 Å². The average molecular weight is 479 g/mol. The second-order valence-corrected chi connectivity index (χ2v) is 10.3. The third kappa shape index (κ3) is 4.32. The lowest BCUT2D eigenvalue weighted by atomic mass is 9.95. The van der Waals surface area contributed by atoms with E-state index in [0.29, 0.717) is 28.9 Å². The van der Waals surface area contributed by atoms with Gasteiger partial charge in [-0.25, -0.2) is 0 Å². The van der Waals surface area contributed by atoms with Gasteiger partial charge in [0, 0.05) is 50.2 Å². The standard InChI is InChI=1S/C26H30N4O3S/c31-26(18-8-9-22-23(14-18)33-17-32-22)27-15-19-4-3-5-20(19)16-29-10-12-30(13-11-29)25-21-6-1-2-7-24(21)34-28-25/h1-2,6-9,14,19-20H,3-5,10-13,15-17H2,(H,27,31). The van der Waals surface area contributed by atoms with Crippen molar-refractivity contribution in [1.82, 2.24) is 14.6 Å². The Balaban J connectivity index is 1.01. The molecule has 178 valence electrons. The molecule has 1 aromatic heterocycles. The van der Waals surface area contributed by atoms with E-state index in [0.717, 1.165) is 45.1 Å². The molecule has 2 aromatic carbocycles. The van der Waals surface area contributed by atoms with E-state index in [-0.39, 0.29) is 12.7 Å². The zero-order valence-electron chi connectivity index (χ0n) is 19.2. The van der Waals surface area contributed by atoms with Crippen molar-refractivity contribution in [3.05, 3.63) is 48.0 Å². The highest BCUT2D eigenvalue weighted by molar-refractivity contribution is 7.13. The Labute approximate surface area is 203 Å². The number of aromatic nitrogens is 1. The summed E-state index contributed by atoms with van der Waals surface area (Å²) in [6.07, 6.45) is 3.69. The summed E-state index contributed by atoms with van der Waals surface area (Å²) < 4.78 is 16.7. The largest absolute Gasteiger partial charge is 0.454 e. The summed E-state index contributed by atoms with van der Waals surface area (Å²) in [5.74, 6) is 3.65. The van der Waals surface area contributed by atoms with Crippen LogP contribution in [0.3, 0.4) is 0 Å². The van der Waals surface area contributed by atoms with Gasteiger partial charge in [-0.2, -0.15) is 4.37 Å². The molecule has 1 N–H and O–H groups in total. The van der Waals surface area contributed by atoms with Crippen LogP contribution in [0.2, 0.25) is 0 Å². The van der Waals surface area contributed by atoms with Gasteiger partial charge >= 0.3 is 0 Å². The van der Waals surface area contributed by atoms with Crippen LogP contribution in [0, 0.1) is 11.8 Å². The highest BCUT2D eigenvalue weighted by Crippen LogP contribution is 2.34. The van der Waals surface area contributed by atoms with Gasteiger partial charge in [-0.3, -0.25) is 9.69 Å². The average Bonchev–Trinajstić information content (AvgIpc) is 3.62. The number of amides is 1. The summed E-state index contributed by atoms with van der Waals surface area (Å²) in [5, 5.41) is 4.45. The molecule has 2 fully saturated rings. The maximum atomic E-state index is 12.7. The zero-order valence-corrected chi connectivity index (χ0v) is 20.1. The smallest absolute Gasteiger partial charge is 0.251 e. The predicted molar refractivity (Wildman–Crippen MR) is 134 cm³/mol. The van der Waals surface area contributed by atoms with Crippen molar-refractivity contribution in [2.24, 2.45) is 11.8 Å². The molecule has 3 heterocycles. The quantitative estimate of drug-likeness (QED) is 0.578. The van der Waals surface area contributed by atoms with Crippen molar-refractivity contribution in [2.45, 2.75) is 19.3 Å². The van der Waals surface area contributed by atoms with Crippen LogP contribution >= 0.6 is 11.5 Å². The van der Waals surface area contributed by atoms with Gasteiger partial charge in [0.2, 0.25) is 6.79 Å². The van der Waals surface area contributed by atoms with Gasteiger partial charge in [0.25, 0.3) is 5.91 Å². The van der Waals surface area contributed by atoms with Gasteiger partial charge in [-0.15, -0.1) is 0 Å². The Hall–Kier alpha value is -2.84. The molecule has 2 aliphatic heterocycles. The Kier molecular flexibility index (Phi) is 6.01. The van der Waals surface area contributed by atoms with E-state index in [1.807, 2.05) is 6.07 Å². The molecule has 0 bridgehead atoms. The third-order valence-corrected chi connectivity index (χ3v) is 8.32. The number of piperazine rings is 1. The van der Waals surface area contributed by atoms with Gasteiger partial charge in [-0.05, 0) is 66.5 Å². The second-order valence-electron chi connectivity index (χ2n) is 9.52. The molecular weight excluding hydrogens is 448 g/mol. The number of benzene rings is 2. The highest BCUT2D eigenvalue weighted by Gasteiger charge is 2.31. The summed E-state index contributed by atoms with van der Waals surface area (Å²) >= 11 is 1.59. The van der Waals surface area contributed by atoms with Crippen molar-refractivity contribution in [3.63, 3.8) is 0 Å². The number of anilines is 1. The molecule has 3 aliphatic rings. The summed E-state index contributed by atoms with van der Waals surface area (Å²) in [7, 11) is 0. The molecule has 0 radical (unpaired) electrons. The maximum Gasteiger partial charge on any atom is 0.251 e. The minimum Gasteiger partial charge on any atom is -0.454 e. The Bertz CT molecular complexity index is 1170. The minimum atomic E-state index is -0.0342. The first-order valence-electron chi connectivity index (χ1n) is 12.2. The van der Waals surface area contributed by atoms with Gasteiger partial charge in [-0.1, -0.05) is 18.6 Å². The molecule has 1 amide bonds. The van der Waals surface area contributed by atoms with Crippen molar-refractivity contribution in [3.8, 4) is 11.5 Å². The van der Waals surface area contributed by atoms with E-state index >= 15 is 0 Å². The number of ether oxygens (including phenoxy) is 2. The van der Waals surface area contributed by atoms with Crippen molar-refractivity contribution < 1.29 is 14.3 Å². The number of rotatable bonds is 6. The van der Waals surface area contributed by atoms with E-state index < -0.39 is 0 Å². The van der Waals surface area contributed by atoms with Gasteiger partial charge in [0.1, 0.15) is 5.82 Å². The number of hydrogen-bond donors (Lipinski definition) is 1. The second kappa shape index (κ2) is 9.43. The first-order chi connectivity index (χ1) is 16.7. The van der Waals surface area contributed by atoms with Crippen LogP contribution < -0.4 is 19.7 Å². The molecule has 34 heavy (non-hydrogen) atoms. The Morgan fingerprint density at radius 1 is 1.03 bits per heavy atom. The van der Waals surface area contributed by atoms with Gasteiger partial charge < -0.3 is 19.7 Å². The zero-order chi connectivity index (χ0) is 22.9. The van der Waals surface area contributed by atoms with Crippen LogP contribution in [-0.2, 0) is 0 Å². The fourth-order valence-corrected chi connectivity index (χ4v) is 6.36. The van der Waals surface area contributed by atoms with Gasteiger partial charge in [0.15, 0.2) is 11.5 Å². The number of hydrogen-bond acceptors (Lipinski definition) is 7. The lowest BCUT2D eigenvalue weighted by Crippen LogP contribution is -2.48. The Morgan fingerprint density at radius 3 is 2.76 bits per heavy atom. The summed E-state index contributed by atoms with van der Waals surface area (Å²) in [4.78, 5) is 17.8. The van der Waals surface area contributed by atoms with Crippen molar-refractivity contribution in [1.29, 1.82) is 0 Å². The normalized spacial score (nSPS) is 22.4. The fourth-order valence-electron chi connectivity index (χ4n) is 5.56. The number of nitrogens with zero attached hydrogens (tertiary/aromatic N) is 3. The first-order valence-corrected chi connectivity index (χ1v) is 13.0. The van der Waals surface area contributed by atoms with E-state index in [1.54, 1.807) is 23.7 Å². The lowest BCUT2D eigenvalue weighted by Gasteiger charge is -2.37. The molecule has 3 aromatic rings. The van der Waals surface area contributed by atoms with E-state index in [9.17, 15) is 4.79 Å². The predicted octanol–water partition coefficient (Wildman–Crippen LogP) is 3.99. The molecule has 6 rings (SSSR count). The van der Waals surface area contributed by atoms with Crippen molar-refractivity contribution >= 4 is 33.3 Å². The summed E-state index contributed by atoms with van der Waals surface area (Å²) in [6.45, 7) is 6.26. The van der Waals surface area contributed by atoms with Crippen LogP contribution in [0.25, 0.3) is 10.1 Å². The summed E-state index contributed by atoms with van der Waals surface area (Å²) in [6, 6.07) is 13.9. The molecular formula is C26H30N4O3S. The highest BCUT2D eigenvalue weighted by atomic mass is 32.1. The monoisotopic (exact) mass is 478 g/mol. The minimum absolute atomic E-state index is 0.0342. The summed E-state index contributed by atoms with van der Waals surface area (Å²) in [5.41, 5.74) is 0.629. The van der Waals surface area contributed by atoms with Crippen LogP contribution in [0.4, 0.5) is 5.82 Å². The molecule has 7 nitrogen and oxygen atoms in total. The van der Waals surface area contributed by atoms with Gasteiger partial charge in [0.05, 0.1) is 4.70 Å². The number of carbonyl (C=O) groups excluding carboxylic acids is 1. The van der Waals surface area contributed by atoms with Crippen LogP contribution in [0.15, 0.2) is 42.5 Å². The molecule has 2 unspecified atom stereocenters. The molecule has 8 heteroatoms. The Morgan fingerprint density at radius 2 is 1.85 bits per heavy atom. The molecule has 0 spiro atoms. The molecule has 1 aliphatic carbocycles. The maximum absolute atomic E-state index is 12.7. The van der Waals surface area contributed by atoms with Crippen molar-refractivity contribution in [2.75, 3.05) is 51.0 Å². The van der Waals surface area contributed by atoms with Crippen LogP contribution in [0.1, 0.15) is 29.6 Å². The molecule has 1 saturated carbocycles. The van der Waals surface area contributed by atoms with E-state index in [1.165, 1.54) is 29.3 Å². The molecule has 1 saturated heterocycles. The molecule has 2 atom stereocenters. The lowest BCUT2D eigenvalue weighted by molar-refractivity contribution is 0.0939. The number of fused-ring (bicyclic) bond motifs is 2. The SMILES string of the molecule is O=C(NCC1CCCC1CN1CCN(c2nsc3ccccc23)CC1)c1ccc2c(c1)OCO2.